The van der Waals surface area contributed by atoms with Crippen LogP contribution in [0.1, 0.15) is 28.7 Å². The molecule has 3 aliphatic carbocycles. The molecule has 0 radical (unpaired) electrons. The Kier molecular flexibility index (Phi) is 4.87. The largest absolute Gasteiger partial charge is 0.355 e. The summed E-state index contributed by atoms with van der Waals surface area (Å²) in [5, 5.41) is 3.79. The fourth-order valence-electron chi connectivity index (χ4n) is 6.93. The third kappa shape index (κ3) is 3.14. The van der Waals surface area contributed by atoms with Gasteiger partial charge in [0.1, 0.15) is 0 Å². The summed E-state index contributed by atoms with van der Waals surface area (Å²) >= 11 is 0. The Morgan fingerprint density at radius 2 is 1.15 bits per heavy atom. The van der Waals surface area contributed by atoms with Gasteiger partial charge in [-0.3, -0.25) is 0 Å². The maximum Gasteiger partial charge on any atom is 0.0726 e. The quantitative estimate of drug-likeness (QED) is 0.262. The van der Waals surface area contributed by atoms with E-state index in [9.17, 15) is 0 Å². The van der Waals surface area contributed by atoms with Crippen LogP contribution >= 0.6 is 0 Å². The minimum absolute atomic E-state index is 0.322. The van der Waals surface area contributed by atoms with Crippen LogP contribution in [-0.2, 0) is 5.41 Å². The molecule has 184 valence electrons. The van der Waals surface area contributed by atoms with Crippen LogP contribution in [-0.4, -0.2) is 0 Å². The molecular formula is C38H27N. The molecule has 39 heavy (non-hydrogen) atoms. The summed E-state index contributed by atoms with van der Waals surface area (Å²) in [6, 6.07) is 44.1. The lowest BCUT2D eigenvalue weighted by molar-refractivity contribution is 0.786. The van der Waals surface area contributed by atoms with Crippen molar-refractivity contribution in [1.82, 2.24) is 0 Å². The van der Waals surface area contributed by atoms with Gasteiger partial charge in [0.2, 0.25) is 0 Å². The van der Waals surface area contributed by atoms with Crippen molar-refractivity contribution in [2.45, 2.75) is 11.8 Å². The van der Waals surface area contributed by atoms with Crippen molar-refractivity contribution in [3.8, 4) is 22.3 Å². The van der Waals surface area contributed by atoms with Gasteiger partial charge in [-0.25, -0.2) is 0 Å². The van der Waals surface area contributed by atoms with Crippen LogP contribution in [0, 0.1) is 0 Å². The van der Waals surface area contributed by atoms with Gasteiger partial charge >= 0.3 is 0 Å². The number of fused-ring (bicyclic) bond motifs is 9. The lowest BCUT2D eigenvalue weighted by Gasteiger charge is -2.31. The number of benzene rings is 5. The smallest absolute Gasteiger partial charge is 0.0726 e. The van der Waals surface area contributed by atoms with Crippen molar-refractivity contribution in [3.63, 3.8) is 0 Å². The molecule has 3 aliphatic rings. The van der Waals surface area contributed by atoms with E-state index in [1.807, 2.05) is 0 Å². The van der Waals surface area contributed by atoms with Gasteiger partial charge in [-0.1, -0.05) is 127 Å². The van der Waals surface area contributed by atoms with Gasteiger partial charge in [0.25, 0.3) is 0 Å². The molecule has 0 saturated carbocycles. The standard InChI is InChI=1S/C38H27N/c1-3-12-26(13-4-1)27-22-24-28(25-23-27)39-36-21-11-20-35-37(36)31-16-8-10-19-34(31)38(35)32-17-6-2-5-14-29(32)30-15-7-9-18-33(30)38/h1,3-25,39H,2H2. The molecule has 8 rings (SSSR count). The summed E-state index contributed by atoms with van der Waals surface area (Å²) in [5.41, 5.74) is 15.1. The molecule has 1 atom stereocenters. The van der Waals surface area contributed by atoms with Crippen LogP contribution in [0.15, 0.2) is 151 Å². The van der Waals surface area contributed by atoms with E-state index in [0.717, 1.165) is 17.8 Å². The number of rotatable bonds is 3. The highest BCUT2D eigenvalue weighted by atomic mass is 14.9. The van der Waals surface area contributed by atoms with Crippen molar-refractivity contribution >= 4 is 16.9 Å². The van der Waals surface area contributed by atoms with E-state index >= 15 is 0 Å². The lowest BCUT2D eigenvalue weighted by Crippen LogP contribution is -2.26. The zero-order valence-corrected chi connectivity index (χ0v) is 21.6. The molecule has 5 aromatic carbocycles. The number of hydrogen-bond donors (Lipinski definition) is 1. The minimum atomic E-state index is -0.322. The molecule has 0 aromatic heterocycles. The molecule has 1 N–H and O–H groups in total. The Bertz CT molecular complexity index is 1840. The molecule has 0 saturated heterocycles. The molecule has 0 amide bonds. The Balaban J connectivity index is 1.32. The molecule has 1 nitrogen and oxygen atoms in total. The van der Waals surface area contributed by atoms with E-state index in [1.54, 1.807) is 0 Å². The summed E-state index contributed by atoms with van der Waals surface area (Å²) in [4.78, 5) is 0. The van der Waals surface area contributed by atoms with Crippen LogP contribution in [0.3, 0.4) is 0 Å². The summed E-state index contributed by atoms with van der Waals surface area (Å²) in [7, 11) is 0. The first-order valence-electron chi connectivity index (χ1n) is 13.7. The second kappa shape index (κ2) is 8.58. The number of allylic oxidation sites excluding steroid dienone is 6. The molecular weight excluding hydrogens is 470 g/mol. The zero-order chi connectivity index (χ0) is 25.8. The van der Waals surface area contributed by atoms with E-state index < -0.39 is 0 Å². The van der Waals surface area contributed by atoms with Gasteiger partial charge in [0.15, 0.2) is 0 Å². The minimum Gasteiger partial charge on any atom is -0.355 e. The van der Waals surface area contributed by atoms with Crippen LogP contribution in [0.25, 0.3) is 27.8 Å². The molecule has 0 aliphatic heterocycles. The Morgan fingerprint density at radius 1 is 0.513 bits per heavy atom. The number of hydrogen-bond acceptors (Lipinski definition) is 1. The molecule has 0 bridgehead atoms. The molecule has 1 unspecified atom stereocenters. The topological polar surface area (TPSA) is 12.0 Å². The average molecular weight is 498 g/mol. The first-order valence-corrected chi connectivity index (χ1v) is 13.7. The summed E-state index contributed by atoms with van der Waals surface area (Å²) in [6.07, 6.45) is 10.3. The molecule has 0 heterocycles. The molecule has 0 fully saturated rings. The summed E-state index contributed by atoms with van der Waals surface area (Å²) < 4.78 is 0. The predicted octanol–water partition coefficient (Wildman–Crippen LogP) is 9.70. The normalized spacial score (nSPS) is 17.9. The van der Waals surface area contributed by atoms with Crippen molar-refractivity contribution < 1.29 is 0 Å². The Labute approximate surface area is 229 Å². The van der Waals surface area contributed by atoms with Crippen LogP contribution in [0.4, 0.5) is 11.4 Å². The molecule has 1 spiro atoms. The van der Waals surface area contributed by atoms with Gasteiger partial charge in [-0.15, -0.1) is 0 Å². The fourth-order valence-corrected chi connectivity index (χ4v) is 6.93. The van der Waals surface area contributed by atoms with Gasteiger partial charge in [-0.05, 0) is 74.7 Å². The second-order valence-corrected chi connectivity index (χ2v) is 10.5. The van der Waals surface area contributed by atoms with Gasteiger partial charge < -0.3 is 5.32 Å². The zero-order valence-electron chi connectivity index (χ0n) is 21.6. The molecule has 1 heteroatoms. The number of anilines is 2. The highest BCUT2D eigenvalue weighted by Crippen LogP contribution is 2.63. The van der Waals surface area contributed by atoms with E-state index in [2.05, 4.69) is 151 Å². The summed E-state index contributed by atoms with van der Waals surface area (Å²) in [6.45, 7) is 0. The first kappa shape index (κ1) is 22.1. The average Bonchev–Trinajstić information content (AvgIpc) is 3.30. The fraction of sp³-hybridized carbons (Fsp3) is 0.0526. The van der Waals surface area contributed by atoms with Crippen LogP contribution in [0.5, 0.6) is 0 Å². The SMILES string of the molecule is C1=CC2=C(C=CC1)C1(c3ccccc32)c2ccccc2-c2c(Nc3ccc(-c4ccccc4)cc3)cccc21. The Morgan fingerprint density at radius 3 is 1.97 bits per heavy atom. The first-order chi connectivity index (χ1) is 19.4. The lowest BCUT2D eigenvalue weighted by atomic mass is 9.69. The molecule has 5 aromatic rings. The Hall–Kier alpha value is -4.88. The second-order valence-electron chi connectivity index (χ2n) is 10.5. The van der Waals surface area contributed by atoms with Crippen LogP contribution < -0.4 is 5.32 Å². The van der Waals surface area contributed by atoms with Gasteiger partial charge in [0, 0.05) is 16.9 Å². The van der Waals surface area contributed by atoms with Crippen LogP contribution in [0.2, 0.25) is 0 Å². The van der Waals surface area contributed by atoms with Gasteiger partial charge in [0.05, 0.1) is 5.41 Å². The van der Waals surface area contributed by atoms with E-state index in [-0.39, 0.29) is 5.41 Å². The predicted molar refractivity (Wildman–Crippen MR) is 163 cm³/mol. The number of nitrogens with one attached hydrogen (secondary N) is 1. The van der Waals surface area contributed by atoms with Crippen molar-refractivity contribution in [1.29, 1.82) is 0 Å². The third-order valence-corrected chi connectivity index (χ3v) is 8.50. The van der Waals surface area contributed by atoms with Crippen molar-refractivity contribution in [2.24, 2.45) is 0 Å². The van der Waals surface area contributed by atoms with Crippen molar-refractivity contribution in [3.05, 3.63) is 173 Å². The van der Waals surface area contributed by atoms with E-state index in [4.69, 9.17) is 0 Å². The third-order valence-electron chi connectivity index (χ3n) is 8.50. The van der Waals surface area contributed by atoms with E-state index in [1.165, 1.54) is 55.7 Å². The maximum absolute atomic E-state index is 3.79. The van der Waals surface area contributed by atoms with Crippen molar-refractivity contribution in [2.75, 3.05) is 5.32 Å². The van der Waals surface area contributed by atoms with E-state index in [0.29, 0.717) is 0 Å². The highest BCUT2D eigenvalue weighted by molar-refractivity contribution is 6.01. The van der Waals surface area contributed by atoms with Gasteiger partial charge in [-0.2, -0.15) is 0 Å². The highest BCUT2D eigenvalue weighted by Gasteiger charge is 2.52. The summed E-state index contributed by atoms with van der Waals surface area (Å²) in [5.74, 6) is 0. The monoisotopic (exact) mass is 497 g/mol. The maximum atomic E-state index is 3.79.